The molecular formula is C23H18ClN3O3. The van der Waals surface area contributed by atoms with Crippen molar-refractivity contribution in [1.29, 1.82) is 0 Å². The third kappa shape index (κ3) is 3.77. The molecule has 2 aromatic carbocycles. The summed E-state index contributed by atoms with van der Waals surface area (Å²) in [6.07, 6.45) is 4.87. The average molecular weight is 420 g/mol. The van der Waals surface area contributed by atoms with Crippen LogP contribution >= 0.6 is 11.6 Å². The third-order valence-corrected chi connectivity index (χ3v) is 4.88. The second-order valence-corrected chi connectivity index (χ2v) is 6.90. The number of aromatic nitrogens is 3. The fourth-order valence-corrected chi connectivity index (χ4v) is 3.30. The second kappa shape index (κ2) is 8.39. The highest BCUT2D eigenvalue weighted by atomic mass is 35.5. The molecule has 0 bridgehead atoms. The predicted molar refractivity (Wildman–Crippen MR) is 117 cm³/mol. The molecule has 7 heteroatoms. The number of benzene rings is 2. The van der Waals surface area contributed by atoms with Crippen LogP contribution in [0.25, 0.3) is 39.2 Å². The zero-order valence-corrected chi connectivity index (χ0v) is 17.1. The zero-order valence-electron chi connectivity index (χ0n) is 16.4. The van der Waals surface area contributed by atoms with Crippen molar-refractivity contribution in [2.24, 2.45) is 0 Å². The Bertz CT molecular complexity index is 1250. The summed E-state index contributed by atoms with van der Waals surface area (Å²) in [4.78, 5) is 21.3. The summed E-state index contributed by atoms with van der Waals surface area (Å²) in [6, 6.07) is 17.1. The van der Waals surface area contributed by atoms with Crippen molar-refractivity contribution < 1.29 is 14.3 Å². The van der Waals surface area contributed by atoms with Crippen molar-refractivity contribution >= 4 is 34.2 Å². The lowest BCUT2D eigenvalue weighted by molar-refractivity contribution is -0.134. The van der Waals surface area contributed by atoms with Gasteiger partial charge in [0.1, 0.15) is 6.26 Å². The van der Waals surface area contributed by atoms with Gasteiger partial charge in [0.25, 0.3) is 0 Å². The molecule has 0 radical (unpaired) electrons. The van der Waals surface area contributed by atoms with Crippen LogP contribution in [-0.2, 0) is 14.3 Å². The first-order valence-corrected chi connectivity index (χ1v) is 9.50. The topological polar surface area (TPSA) is 66.2 Å². The molecule has 0 aliphatic carbocycles. The number of hydrogen-bond acceptors (Lipinski definition) is 5. The molecule has 0 aliphatic heterocycles. The van der Waals surface area contributed by atoms with Gasteiger partial charge in [-0.1, -0.05) is 35.9 Å². The molecule has 2 aromatic heterocycles. The summed E-state index contributed by atoms with van der Waals surface area (Å²) >= 11 is 5.99. The number of nitrogens with zero attached hydrogens (tertiary/aromatic N) is 3. The highest BCUT2D eigenvalue weighted by Crippen LogP contribution is 2.27. The number of carbonyl (C=O) groups excluding carboxylic acids is 1. The van der Waals surface area contributed by atoms with Gasteiger partial charge in [-0.15, -0.1) is 0 Å². The summed E-state index contributed by atoms with van der Waals surface area (Å²) in [5.74, 6) is 0.0770. The van der Waals surface area contributed by atoms with E-state index in [0.717, 1.165) is 27.7 Å². The van der Waals surface area contributed by atoms with Crippen LogP contribution in [0.2, 0.25) is 5.02 Å². The van der Waals surface area contributed by atoms with E-state index in [0.29, 0.717) is 10.8 Å². The maximum Gasteiger partial charge on any atom is 0.358 e. The van der Waals surface area contributed by atoms with Gasteiger partial charge in [0.05, 0.1) is 25.4 Å². The van der Waals surface area contributed by atoms with E-state index in [1.807, 2.05) is 54.6 Å². The van der Waals surface area contributed by atoms with Gasteiger partial charge in [0.15, 0.2) is 11.5 Å². The molecular weight excluding hydrogens is 402 g/mol. The summed E-state index contributed by atoms with van der Waals surface area (Å²) in [6.45, 7) is 0. The Morgan fingerprint density at radius 2 is 1.80 bits per heavy atom. The van der Waals surface area contributed by atoms with E-state index < -0.39 is 5.97 Å². The Labute approximate surface area is 178 Å². The van der Waals surface area contributed by atoms with Crippen LogP contribution in [0, 0.1) is 0 Å². The molecule has 0 fully saturated rings. The van der Waals surface area contributed by atoms with Crippen LogP contribution in [0.1, 0.15) is 0 Å². The Balaban J connectivity index is 1.79. The van der Waals surface area contributed by atoms with Crippen LogP contribution in [0.5, 0.6) is 0 Å². The summed E-state index contributed by atoms with van der Waals surface area (Å²) in [7, 11) is 2.81. The number of methoxy groups -OCH3 is 2. The lowest BCUT2D eigenvalue weighted by Crippen LogP contribution is -2.10. The summed E-state index contributed by atoms with van der Waals surface area (Å²) in [5, 5.41) is 1.63. The van der Waals surface area contributed by atoms with Gasteiger partial charge in [-0.05, 0) is 35.7 Å². The first-order chi connectivity index (χ1) is 14.6. The van der Waals surface area contributed by atoms with E-state index in [2.05, 4.69) is 4.98 Å². The van der Waals surface area contributed by atoms with E-state index in [1.165, 1.54) is 20.5 Å². The predicted octanol–water partition coefficient (Wildman–Crippen LogP) is 5.04. The molecule has 0 saturated heterocycles. The molecule has 0 N–H and O–H groups in total. The van der Waals surface area contributed by atoms with Crippen LogP contribution in [-0.4, -0.2) is 34.7 Å². The average Bonchev–Trinajstić information content (AvgIpc) is 3.20. The van der Waals surface area contributed by atoms with Crippen molar-refractivity contribution in [1.82, 2.24) is 14.5 Å². The minimum Gasteiger partial charge on any atom is -0.502 e. The number of hydrogen-bond donors (Lipinski definition) is 0. The standard InChI is InChI=1S/C23H18ClN3O3/c1-29-14-21(23(28)30-2)27-12-10-16-3-4-17(13-20(16)27)22-25-11-9-19(26-22)15-5-7-18(24)8-6-15/h3-14H,1-2H3. The largest absolute Gasteiger partial charge is 0.502 e. The molecule has 2 heterocycles. The molecule has 6 nitrogen and oxygen atoms in total. The molecule has 4 rings (SSSR count). The van der Waals surface area contributed by atoms with E-state index in [4.69, 9.17) is 26.1 Å². The smallest absolute Gasteiger partial charge is 0.358 e. The molecule has 150 valence electrons. The van der Waals surface area contributed by atoms with E-state index >= 15 is 0 Å². The van der Waals surface area contributed by atoms with Crippen molar-refractivity contribution in [3.63, 3.8) is 0 Å². The Morgan fingerprint density at radius 1 is 1.03 bits per heavy atom. The Kier molecular flexibility index (Phi) is 5.50. The van der Waals surface area contributed by atoms with Crippen LogP contribution < -0.4 is 0 Å². The molecule has 0 saturated carbocycles. The number of ether oxygens (including phenoxy) is 2. The maximum atomic E-state index is 12.2. The van der Waals surface area contributed by atoms with Gasteiger partial charge in [-0.2, -0.15) is 0 Å². The molecule has 0 atom stereocenters. The lowest BCUT2D eigenvalue weighted by Gasteiger charge is -2.09. The van der Waals surface area contributed by atoms with Crippen molar-refractivity contribution in [3.8, 4) is 22.6 Å². The minimum atomic E-state index is -0.499. The van der Waals surface area contributed by atoms with Crippen molar-refractivity contribution in [3.05, 3.63) is 78.3 Å². The summed E-state index contributed by atoms with van der Waals surface area (Å²) in [5.41, 5.74) is 3.63. The Morgan fingerprint density at radius 3 is 2.53 bits per heavy atom. The SMILES string of the molecule is COC=C(C(=O)OC)n1ccc2ccc(-c3nccc(-c4ccc(Cl)cc4)n3)cc21. The normalized spacial score (nSPS) is 11.5. The van der Waals surface area contributed by atoms with Crippen molar-refractivity contribution in [2.45, 2.75) is 0 Å². The number of rotatable bonds is 5. The molecule has 0 amide bonds. The van der Waals surface area contributed by atoms with Gasteiger partial charge in [0, 0.05) is 28.5 Å². The first kappa shape index (κ1) is 19.7. The Hall–Kier alpha value is -3.64. The minimum absolute atomic E-state index is 0.267. The van der Waals surface area contributed by atoms with Gasteiger partial charge in [0.2, 0.25) is 0 Å². The fraction of sp³-hybridized carbons (Fsp3) is 0.0870. The quantitative estimate of drug-likeness (QED) is 0.257. The van der Waals surface area contributed by atoms with Gasteiger partial charge < -0.3 is 14.0 Å². The van der Waals surface area contributed by atoms with E-state index in [9.17, 15) is 4.79 Å². The number of carbonyl (C=O) groups is 1. The number of halogens is 1. The van der Waals surface area contributed by atoms with Gasteiger partial charge in [-0.3, -0.25) is 0 Å². The maximum absolute atomic E-state index is 12.2. The van der Waals surface area contributed by atoms with E-state index in [1.54, 1.807) is 17.0 Å². The number of esters is 1. The van der Waals surface area contributed by atoms with Crippen molar-refractivity contribution in [2.75, 3.05) is 14.2 Å². The lowest BCUT2D eigenvalue weighted by atomic mass is 10.1. The van der Waals surface area contributed by atoms with Gasteiger partial charge in [-0.25, -0.2) is 14.8 Å². The third-order valence-electron chi connectivity index (χ3n) is 4.63. The molecule has 0 unspecified atom stereocenters. The highest BCUT2D eigenvalue weighted by Gasteiger charge is 2.16. The van der Waals surface area contributed by atoms with E-state index in [-0.39, 0.29) is 5.70 Å². The molecule has 4 aromatic rings. The number of fused-ring (bicyclic) bond motifs is 1. The zero-order chi connectivity index (χ0) is 21.1. The summed E-state index contributed by atoms with van der Waals surface area (Å²) < 4.78 is 11.7. The van der Waals surface area contributed by atoms with Crippen LogP contribution in [0.15, 0.2) is 73.3 Å². The molecule has 0 aliphatic rings. The van der Waals surface area contributed by atoms with Gasteiger partial charge >= 0.3 is 5.97 Å². The van der Waals surface area contributed by atoms with Crippen LogP contribution in [0.4, 0.5) is 0 Å². The molecule has 30 heavy (non-hydrogen) atoms. The first-order valence-electron chi connectivity index (χ1n) is 9.13. The molecule has 0 spiro atoms. The fourth-order valence-electron chi connectivity index (χ4n) is 3.18. The van der Waals surface area contributed by atoms with Crippen LogP contribution in [0.3, 0.4) is 0 Å². The monoisotopic (exact) mass is 419 g/mol. The highest BCUT2D eigenvalue weighted by molar-refractivity contribution is 6.30. The second-order valence-electron chi connectivity index (χ2n) is 6.46.